The monoisotopic (exact) mass is 413 g/mol. The smallest absolute Gasteiger partial charge is 0.243 e. The molecule has 0 aliphatic carbocycles. The lowest BCUT2D eigenvalue weighted by atomic mass is 10.1. The second-order valence-corrected chi connectivity index (χ2v) is 6.96. The van der Waals surface area contributed by atoms with Crippen LogP contribution in [0, 0.1) is 0 Å². The number of aryl methyl sites for hydroxylation is 1. The molecular formula is C23H31N3O4. The average molecular weight is 414 g/mol. The van der Waals surface area contributed by atoms with E-state index in [0.29, 0.717) is 38.3 Å². The van der Waals surface area contributed by atoms with Crippen LogP contribution in [0.5, 0.6) is 5.75 Å². The maximum Gasteiger partial charge on any atom is 0.243 e. The van der Waals surface area contributed by atoms with Gasteiger partial charge in [0.1, 0.15) is 12.4 Å². The number of ether oxygens (including phenoxy) is 2. The Morgan fingerprint density at radius 1 is 1.00 bits per heavy atom. The number of benzene rings is 2. The summed E-state index contributed by atoms with van der Waals surface area (Å²) in [6.45, 7) is 3.76. The van der Waals surface area contributed by atoms with Gasteiger partial charge in [0, 0.05) is 44.6 Å². The molecule has 0 aliphatic heterocycles. The molecule has 162 valence electrons. The van der Waals surface area contributed by atoms with Crippen LogP contribution in [0.3, 0.4) is 0 Å². The third-order valence-electron chi connectivity index (χ3n) is 4.32. The van der Waals surface area contributed by atoms with Gasteiger partial charge in [-0.25, -0.2) is 0 Å². The average Bonchev–Trinajstić information content (AvgIpc) is 2.74. The highest BCUT2D eigenvalue weighted by Gasteiger charge is 2.07. The fourth-order valence-electron chi connectivity index (χ4n) is 2.73. The van der Waals surface area contributed by atoms with Gasteiger partial charge in [-0.05, 0) is 43.2 Å². The van der Waals surface area contributed by atoms with E-state index in [1.807, 2.05) is 55.5 Å². The Bertz CT molecular complexity index is 824. The third kappa shape index (κ3) is 8.53. The molecule has 0 heterocycles. The zero-order valence-electron chi connectivity index (χ0n) is 17.9. The molecule has 2 aromatic rings. The van der Waals surface area contributed by atoms with Crippen LogP contribution < -0.4 is 15.4 Å². The number of nitrogens with zero attached hydrogens (tertiary/aromatic N) is 1. The van der Waals surface area contributed by atoms with Crippen molar-refractivity contribution in [2.75, 3.05) is 51.1 Å². The minimum Gasteiger partial charge on any atom is -0.491 e. The van der Waals surface area contributed by atoms with Crippen molar-refractivity contribution in [1.29, 1.82) is 0 Å². The SMILES string of the molecule is CCOCCOc1cccc(NCC(=O)Nc2cccc(CCC(=O)N(C)C)c2)c1. The van der Waals surface area contributed by atoms with Crippen molar-refractivity contribution in [3.05, 3.63) is 54.1 Å². The van der Waals surface area contributed by atoms with Crippen molar-refractivity contribution in [2.45, 2.75) is 19.8 Å². The minimum absolute atomic E-state index is 0.0812. The second-order valence-electron chi connectivity index (χ2n) is 6.96. The molecule has 2 N–H and O–H groups in total. The summed E-state index contributed by atoms with van der Waals surface area (Å²) in [6.07, 6.45) is 1.07. The Kier molecular flexibility index (Phi) is 9.67. The first kappa shape index (κ1) is 23.2. The molecule has 30 heavy (non-hydrogen) atoms. The highest BCUT2D eigenvalue weighted by Crippen LogP contribution is 2.17. The first-order valence-electron chi connectivity index (χ1n) is 10.1. The van der Waals surface area contributed by atoms with E-state index in [1.54, 1.807) is 19.0 Å². The number of carbonyl (C=O) groups excluding carboxylic acids is 2. The Balaban J connectivity index is 1.80. The van der Waals surface area contributed by atoms with Crippen LogP contribution in [-0.4, -0.2) is 57.2 Å². The summed E-state index contributed by atoms with van der Waals surface area (Å²) in [4.78, 5) is 25.6. The molecule has 2 rings (SSSR count). The number of anilines is 2. The highest BCUT2D eigenvalue weighted by molar-refractivity contribution is 5.93. The summed E-state index contributed by atoms with van der Waals surface area (Å²) in [5.74, 6) is 0.650. The largest absolute Gasteiger partial charge is 0.491 e. The maximum atomic E-state index is 12.3. The Labute approximate surface area is 178 Å². The lowest BCUT2D eigenvalue weighted by Gasteiger charge is -2.12. The van der Waals surface area contributed by atoms with Gasteiger partial charge in [-0.15, -0.1) is 0 Å². The minimum atomic E-state index is -0.154. The molecule has 7 heteroatoms. The van der Waals surface area contributed by atoms with Crippen LogP contribution in [0.4, 0.5) is 11.4 Å². The van der Waals surface area contributed by atoms with Crippen molar-refractivity contribution in [3.8, 4) is 5.75 Å². The van der Waals surface area contributed by atoms with E-state index in [0.717, 1.165) is 17.0 Å². The van der Waals surface area contributed by atoms with E-state index >= 15 is 0 Å². The summed E-state index contributed by atoms with van der Waals surface area (Å²) in [7, 11) is 3.49. The molecule has 0 bridgehead atoms. The topological polar surface area (TPSA) is 79.9 Å². The van der Waals surface area contributed by atoms with Gasteiger partial charge in [0.15, 0.2) is 0 Å². The zero-order chi connectivity index (χ0) is 21.8. The molecule has 0 radical (unpaired) electrons. The van der Waals surface area contributed by atoms with Gasteiger partial charge in [0.2, 0.25) is 11.8 Å². The van der Waals surface area contributed by atoms with Gasteiger partial charge in [-0.3, -0.25) is 9.59 Å². The van der Waals surface area contributed by atoms with Gasteiger partial charge in [-0.1, -0.05) is 18.2 Å². The predicted molar refractivity (Wildman–Crippen MR) is 119 cm³/mol. The molecule has 0 saturated carbocycles. The number of amides is 2. The van der Waals surface area contributed by atoms with E-state index < -0.39 is 0 Å². The van der Waals surface area contributed by atoms with E-state index in [9.17, 15) is 9.59 Å². The first-order valence-corrected chi connectivity index (χ1v) is 10.1. The standard InChI is InChI=1S/C23H31N3O4/c1-4-29-13-14-30-21-10-6-8-19(16-21)24-17-22(27)25-20-9-5-7-18(15-20)11-12-23(28)26(2)3/h5-10,15-16,24H,4,11-14,17H2,1-3H3,(H,25,27). The molecule has 0 aliphatic rings. The molecule has 0 unspecified atom stereocenters. The van der Waals surface area contributed by atoms with Crippen LogP contribution in [0.15, 0.2) is 48.5 Å². The van der Waals surface area contributed by atoms with Gasteiger partial charge in [-0.2, -0.15) is 0 Å². The number of rotatable bonds is 12. The summed E-state index contributed by atoms with van der Waals surface area (Å²) >= 11 is 0. The van der Waals surface area contributed by atoms with Crippen LogP contribution in [0.1, 0.15) is 18.9 Å². The summed E-state index contributed by atoms with van der Waals surface area (Å²) in [6, 6.07) is 15.0. The predicted octanol–water partition coefficient (Wildman–Crippen LogP) is 3.17. The molecule has 0 aromatic heterocycles. The summed E-state index contributed by atoms with van der Waals surface area (Å²) in [5.41, 5.74) is 2.52. The van der Waals surface area contributed by atoms with Crippen LogP contribution >= 0.6 is 0 Å². The molecule has 0 fully saturated rings. The fraction of sp³-hybridized carbons (Fsp3) is 0.391. The lowest BCUT2D eigenvalue weighted by Crippen LogP contribution is -2.22. The van der Waals surface area contributed by atoms with Crippen molar-refractivity contribution < 1.29 is 19.1 Å². The van der Waals surface area contributed by atoms with Crippen molar-refractivity contribution >= 4 is 23.2 Å². The van der Waals surface area contributed by atoms with Crippen molar-refractivity contribution in [2.24, 2.45) is 0 Å². The van der Waals surface area contributed by atoms with Gasteiger partial charge in [0.05, 0.1) is 13.2 Å². The normalized spacial score (nSPS) is 10.4. The molecule has 2 aromatic carbocycles. The van der Waals surface area contributed by atoms with E-state index in [1.165, 1.54) is 0 Å². The third-order valence-corrected chi connectivity index (χ3v) is 4.32. The molecule has 0 atom stereocenters. The lowest BCUT2D eigenvalue weighted by molar-refractivity contribution is -0.128. The molecule has 0 saturated heterocycles. The quantitative estimate of drug-likeness (QED) is 0.523. The highest BCUT2D eigenvalue weighted by atomic mass is 16.5. The fourth-order valence-corrected chi connectivity index (χ4v) is 2.73. The number of hydrogen-bond acceptors (Lipinski definition) is 5. The summed E-state index contributed by atoms with van der Waals surface area (Å²) in [5, 5.41) is 5.98. The molecule has 2 amide bonds. The van der Waals surface area contributed by atoms with E-state index in [4.69, 9.17) is 9.47 Å². The second kappa shape index (κ2) is 12.5. The summed E-state index contributed by atoms with van der Waals surface area (Å²) < 4.78 is 10.9. The molecule has 7 nitrogen and oxygen atoms in total. The molecular weight excluding hydrogens is 382 g/mol. The van der Waals surface area contributed by atoms with Gasteiger partial charge < -0.3 is 25.0 Å². The Morgan fingerprint density at radius 3 is 2.53 bits per heavy atom. The van der Waals surface area contributed by atoms with Crippen LogP contribution in [-0.2, 0) is 20.7 Å². The Hall–Kier alpha value is -3.06. The zero-order valence-corrected chi connectivity index (χ0v) is 17.9. The van der Waals surface area contributed by atoms with Gasteiger partial charge >= 0.3 is 0 Å². The van der Waals surface area contributed by atoms with Gasteiger partial charge in [0.25, 0.3) is 0 Å². The number of hydrogen-bond donors (Lipinski definition) is 2. The van der Waals surface area contributed by atoms with Crippen LogP contribution in [0.2, 0.25) is 0 Å². The van der Waals surface area contributed by atoms with Crippen LogP contribution in [0.25, 0.3) is 0 Å². The van der Waals surface area contributed by atoms with Crippen molar-refractivity contribution in [1.82, 2.24) is 4.90 Å². The molecule has 0 spiro atoms. The van der Waals surface area contributed by atoms with Crippen molar-refractivity contribution in [3.63, 3.8) is 0 Å². The maximum absolute atomic E-state index is 12.3. The number of carbonyl (C=O) groups is 2. The first-order chi connectivity index (χ1) is 14.5. The Morgan fingerprint density at radius 2 is 1.77 bits per heavy atom. The van der Waals surface area contributed by atoms with E-state index in [-0.39, 0.29) is 18.4 Å². The number of nitrogens with one attached hydrogen (secondary N) is 2. The van der Waals surface area contributed by atoms with E-state index in [2.05, 4.69) is 10.6 Å².